The Morgan fingerprint density at radius 3 is 2.56 bits per heavy atom. The Morgan fingerprint density at radius 1 is 1.44 bits per heavy atom. The highest BCUT2D eigenvalue weighted by molar-refractivity contribution is 5.75. The largest absolute Gasteiger partial charge is 0.624 e. The predicted octanol–water partition coefficient (Wildman–Crippen LogP) is 1.66. The molecule has 0 aliphatic carbocycles. The van der Waals surface area contributed by atoms with Crippen LogP contribution in [0.3, 0.4) is 0 Å². The summed E-state index contributed by atoms with van der Waals surface area (Å²) in [6, 6.07) is 2.93. The first-order valence-electron chi connectivity index (χ1n) is 4.74. The fraction of sp³-hybridized carbons (Fsp3) is 0.364. The van der Waals surface area contributed by atoms with Crippen LogP contribution in [0, 0.1) is 16.8 Å². The Bertz CT molecular complexity index is 411. The molecule has 0 unspecified atom stereocenters. The van der Waals surface area contributed by atoms with E-state index in [9.17, 15) is 19.1 Å². The Labute approximate surface area is 92.2 Å². The Morgan fingerprint density at radius 2 is 2.06 bits per heavy atom. The van der Waals surface area contributed by atoms with Gasteiger partial charge in [0.15, 0.2) is 12.8 Å². The Kier molecular flexibility index (Phi) is 3.59. The fourth-order valence-corrected chi connectivity index (χ4v) is 1.19. The van der Waals surface area contributed by atoms with Crippen molar-refractivity contribution in [2.45, 2.75) is 19.4 Å². The van der Waals surface area contributed by atoms with Crippen LogP contribution in [0.2, 0.25) is 0 Å². The molecule has 0 saturated heterocycles. The molecule has 1 aromatic carbocycles. The monoisotopic (exact) mass is 229 g/mol. The first-order valence-corrected chi connectivity index (χ1v) is 4.74. The van der Waals surface area contributed by atoms with Crippen LogP contribution in [0.25, 0.3) is 0 Å². The van der Waals surface area contributed by atoms with Crippen molar-refractivity contribution in [3.05, 3.63) is 40.6 Å². The van der Waals surface area contributed by atoms with Crippen molar-refractivity contribution in [1.29, 1.82) is 0 Å². The molecule has 0 heterocycles. The first kappa shape index (κ1) is 12.6. The average molecular weight is 229 g/mol. The lowest BCUT2D eigenvalue weighted by molar-refractivity contribution is -0.472. The molecule has 1 N–H and O–H groups in total. The van der Waals surface area contributed by atoms with Crippen molar-refractivity contribution >= 4 is 6.21 Å². The summed E-state index contributed by atoms with van der Waals surface area (Å²) in [5.41, 5.74) is -1.19. The van der Waals surface area contributed by atoms with E-state index in [4.69, 9.17) is 0 Å². The van der Waals surface area contributed by atoms with Crippen LogP contribution >= 0.6 is 0 Å². The normalized spacial score (nSPS) is 12.9. The zero-order valence-corrected chi connectivity index (χ0v) is 9.08. The van der Waals surface area contributed by atoms with Crippen LogP contribution < -0.4 is 0 Å². The van der Waals surface area contributed by atoms with Gasteiger partial charge in [0.05, 0.1) is 5.56 Å². The molecular formula is C11H13F2NO2. The lowest BCUT2D eigenvalue weighted by atomic mass is 10.1. The second-order valence-corrected chi connectivity index (χ2v) is 4.18. The van der Waals surface area contributed by atoms with Crippen LogP contribution in [0.15, 0.2) is 18.2 Å². The maximum absolute atomic E-state index is 13.1. The van der Waals surface area contributed by atoms with E-state index in [0.29, 0.717) is 10.8 Å². The molecular weight excluding hydrogens is 216 g/mol. The maximum Gasteiger partial charge on any atom is 0.184 e. The smallest absolute Gasteiger partial charge is 0.184 e. The molecule has 0 aliphatic heterocycles. The number of hydrogen-bond acceptors (Lipinski definition) is 2. The second-order valence-electron chi connectivity index (χ2n) is 4.18. The zero-order valence-electron chi connectivity index (χ0n) is 9.08. The van der Waals surface area contributed by atoms with Gasteiger partial charge in [-0.25, -0.2) is 13.5 Å². The SMILES string of the molecule is CC(C)(O)C[N+]([O-])=Cc1ccc(F)cc1F. The highest BCUT2D eigenvalue weighted by atomic mass is 19.1. The van der Waals surface area contributed by atoms with Crippen molar-refractivity contribution in [1.82, 2.24) is 0 Å². The van der Waals surface area contributed by atoms with Crippen LogP contribution in [0.5, 0.6) is 0 Å². The third kappa shape index (κ3) is 3.94. The number of aliphatic hydroxyl groups is 1. The molecule has 1 rings (SSSR count). The van der Waals surface area contributed by atoms with Gasteiger partial charge in [0.25, 0.3) is 0 Å². The quantitative estimate of drug-likeness (QED) is 0.371. The van der Waals surface area contributed by atoms with E-state index in [1.54, 1.807) is 0 Å². The molecule has 0 aromatic heterocycles. The molecule has 16 heavy (non-hydrogen) atoms. The molecule has 0 bridgehead atoms. The molecule has 88 valence electrons. The highest BCUT2D eigenvalue weighted by Crippen LogP contribution is 2.07. The van der Waals surface area contributed by atoms with Gasteiger partial charge >= 0.3 is 0 Å². The van der Waals surface area contributed by atoms with E-state index >= 15 is 0 Å². The summed E-state index contributed by atoms with van der Waals surface area (Å²) >= 11 is 0. The minimum atomic E-state index is -1.17. The lowest BCUT2D eigenvalue weighted by Gasteiger charge is -2.15. The third-order valence-corrected chi connectivity index (χ3v) is 1.79. The van der Waals surface area contributed by atoms with Gasteiger partial charge in [0, 0.05) is 6.07 Å². The van der Waals surface area contributed by atoms with Crippen LogP contribution in [0.1, 0.15) is 19.4 Å². The lowest BCUT2D eigenvalue weighted by Crippen LogP contribution is -2.31. The van der Waals surface area contributed by atoms with Crippen molar-refractivity contribution in [3.8, 4) is 0 Å². The molecule has 1 aromatic rings. The predicted molar refractivity (Wildman–Crippen MR) is 56.3 cm³/mol. The van der Waals surface area contributed by atoms with Crippen molar-refractivity contribution in [2.75, 3.05) is 6.54 Å². The second kappa shape index (κ2) is 4.57. The number of benzene rings is 1. The molecule has 0 spiro atoms. The fourth-order valence-electron chi connectivity index (χ4n) is 1.19. The number of hydroxylamine groups is 1. The Balaban J connectivity index is 2.90. The van der Waals surface area contributed by atoms with Crippen LogP contribution in [0.4, 0.5) is 8.78 Å². The average Bonchev–Trinajstić information content (AvgIpc) is 2.06. The van der Waals surface area contributed by atoms with Gasteiger partial charge in [0.1, 0.15) is 17.2 Å². The Hall–Kier alpha value is -1.49. The summed E-state index contributed by atoms with van der Waals surface area (Å²) in [5, 5.41) is 20.7. The minimum Gasteiger partial charge on any atom is -0.624 e. The van der Waals surface area contributed by atoms with Gasteiger partial charge < -0.3 is 10.3 Å². The molecule has 0 atom stereocenters. The van der Waals surface area contributed by atoms with Crippen molar-refractivity contribution in [2.24, 2.45) is 0 Å². The molecule has 0 radical (unpaired) electrons. The number of rotatable bonds is 3. The molecule has 0 fully saturated rings. The van der Waals surface area contributed by atoms with E-state index in [-0.39, 0.29) is 12.1 Å². The summed E-state index contributed by atoms with van der Waals surface area (Å²) in [5.74, 6) is -1.51. The van der Waals surface area contributed by atoms with Gasteiger partial charge in [-0.05, 0) is 26.0 Å². The van der Waals surface area contributed by atoms with Crippen molar-refractivity contribution in [3.63, 3.8) is 0 Å². The highest BCUT2D eigenvalue weighted by Gasteiger charge is 2.17. The maximum atomic E-state index is 13.1. The van der Waals surface area contributed by atoms with E-state index < -0.39 is 17.2 Å². The molecule has 3 nitrogen and oxygen atoms in total. The van der Waals surface area contributed by atoms with Crippen molar-refractivity contribution < 1.29 is 18.6 Å². The molecule has 0 amide bonds. The van der Waals surface area contributed by atoms with E-state index in [2.05, 4.69) is 0 Å². The first-order chi connectivity index (χ1) is 7.28. The van der Waals surface area contributed by atoms with Gasteiger partial charge in [-0.3, -0.25) is 0 Å². The third-order valence-electron chi connectivity index (χ3n) is 1.79. The molecule has 0 saturated carbocycles. The summed E-state index contributed by atoms with van der Waals surface area (Å²) < 4.78 is 26.1. The van der Waals surface area contributed by atoms with E-state index in [1.807, 2.05) is 0 Å². The van der Waals surface area contributed by atoms with Gasteiger partial charge in [-0.2, -0.15) is 0 Å². The van der Waals surface area contributed by atoms with E-state index in [1.165, 1.54) is 19.9 Å². The van der Waals surface area contributed by atoms with Gasteiger partial charge in [-0.1, -0.05) is 0 Å². The molecule has 0 aliphatic rings. The molecule has 5 heteroatoms. The van der Waals surface area contributed by atoms with Gasteiger partial charge in [-0.15, -0.1) is 0 Å². The van der Waals surface area contributed by atoms with E-state index in [0.717, 1.165) is 12.3 Å². The standard InChI is InChI=1S/C11H13F2NO2/c1-11(2,15)7-14(16)6-8-3-4-9(12)5-10(8)13/h3-6,15H,7H2,1-2H3. The summed E-state index contributed by atoms with van der Waals surface area (Å²) in [6.07, 6.45) is 0.979. The van der Waals surface area contributed by atoms with Gasteiger partial charge in [0.2, 0.25) is 0 Å². The number of halogens is 2. The zero-order chi connectivity index (χ0) is 12.3. The number of hydrogen-bond donors (Lipinski definition) is 1. The minimum absolute atomic E-state index is 0.0133. The van der Waals surface area contributed by atoms with Crippen LogP contribution in [-0.2, 0) is 0 Å². The summed E-state index contributed by atoms with van der Waals surface area (Å²) in [4.78, 5) is 0. The topological polar surface area (TPSA) is 46.3 Å². The van der Waals surface area contributed by atoms with Crippen LogP contribution in [-0.4, -0.2) is 28.2 Å². The summed E-state index contributed by atoms with van der Waals surface area (Å²) in [7, 11) is 0. The number of nitrogens with zero attached hydrogens (tertiary/aromatic N) is 1. The summed E-state index contributed by atoms with van der Waals surface area (Å²) in [6.45, 7) is 2.74.